The zero-order valence-corrected chi connectivity index (χ0v) is 12.7. The standard InChI is InChI=1S/C14H20N2O6/c1-7-4-16(13(19)15-11(7)18)12-10-9(8(5-17)6-20-12)21-14(2,3)22-10/h4,8-10,12,17H,5-6H2,1-3H3,(H,15,18,19)/t8-,9-,10-,12-/m1/s1. The third kappa shape index (κ3) is 2.52. The SMILES string of the molecule is Cc1cn([C@@H]2OC[C@@H](CO)[C@H]3OC(C)(C)O[C@H]32)c(=O)[nH]c1=O. The summed E-state index contributed by atoms with van der Waals surface area (Å²) >= 11 is 0. The third-order valence-electron chi connectivity index (χ3n) is 4.04. The van der Waals surface area contributed by atoms with Gasteiger partial charge in [-0.05, 0) is 20.8 Å². The topological polar surface area (TPSA) is 103 Å². The van der Waals surface area contributed by atoms with E-state index in [0.29, 0.717) is 5.56 Å². The smallest absolute Gasteiger partial charge is 0.330 e. The van der Waals surface area contributed by atoms with Crippen molar-refractivity contribution < 1.29 is 19.3 Å². The van der Waals surface area contributed by atoms with Gasteiger partial charge in [-0.3, -0.25) is 14.3 Å². The minimum atomic E-state index is -0.824. The molecule has 0 bridgehead atoms. The van der Waals surface area contributed by atoms with Crippen molar-refractivity contribution in [1.82, 2.24) is 9.55 Å². The predicted octanol–water partition coefficient (Wildman–Crippen LogP) is -0.498. The second-order valence-electron chi connectivity index (χ2n) is 6.21. The number of hydrogen-bond acceptors (Lipinski definition) is 6. The quantitative estimate of drug-likeness (QED) is 0.763. The Hall–Kier alpha value is -1.48. The van der Waals surface area contributed by atoms with E-state index in [4.69, 9.17) is 14.2 Å². The molecule has 2 aliphatic heterocycles. The van der Waals surface area contributed by atoms with Gasteiger partial charge in [-0.2, -0.15) is 0 Å². The fourth-order valence-electron chi connectivity index (χ4n) is 2.98. The van der Waals surface area contributed by atoms with Gasteiger partial charge in [0.2, 0.25) is 0 Å². The molecule has 0 amide bonds. The van der Waals surface area contributed by atoms with Crippen LogP contribution in [-0.4, -0.2) is 45.9 Å². The molecule has 1 aromatic heterocycles. The Morgan fingerprint density at radius 3 is 2.73 bits per heavy atom. The van der Waals surface area contributed by atoms with E-state index in [2.05, 4.69) is 4.98 Å². The summed E-state index contributed by atoms with van der Waals surface area (Å²) in [6.07, 6.45) is -0.170. The summed E-state index contributed by atoms with van der Waals surface area (Å²) in [4.78, 5) is 25.8. The van der Waals surface area contributed by atoms with E-state index in [0.717, 1.165) is 0 Å². The zero-order valence-electron chi connectivity index (χ0n) is 12.7. The van der Waals surface area contributed by atoms with Crippen LogP contribution in [-0.2, 0) is 14.2 Å². The fourth-order valence-corrected chi connectivity index (χ4v) is 2.98. The molecule has 4 atom stereocenters. The molecule has 0 saturated carbocycles. The first-order valence-electron chi connectivity index (χ1n) is 7.22. The van der Waals surface area contributed by atoms with Gasteiger partial charge in [0.15, 0.2) is 12.0 Å². The zero-order chi connectivity index (χ0) is 16.1. The molecule has 3 heterocycles. The molecule has 8 nitrogen and oxygen atoms in total. The maximum atomic E-state index is 12.1. The van der Waals surface area contributed by atoms with Gasteiger partial charge in [0.1, 0.15) is 6.10 Å². The van der Waals surface area contributed by atoms with Crippen LogP contribution in [0.25, 0.3) is 0 Å². The largest absolute Gasteiger partial charge is 0.396 e. The molecule has 2 N–H and O–H groups in total. The first-order valence-corrected chi connectivity index (χ1v) is 7.22. The molecular formula is C14H20N2O6. The number of aromatic amines is 1. The Bertz CT molecular complexity index is 679. The molecule has 0 aliphatic carbocycles. The van der Waals surface area contributed by atoms with E-state index in [1.807, 2.05) is 0 Å². The Balaban J connectivity index is 2.00. The number of nitrogens with one attached hydrogen (secondary N) is 1. The first-order chi connectivity index (χ1) is 10.3. The molecular weight excluding hydrogens is 292 g/mol. The van der Waals surface area contributed by atoms with Gasteiger partial charge in [-0.15, -0.1) is 0 Å². The van der Waals surface area contributed by atoms with Gasteiger partial charge < -0.3 is 19.3 Å². The molecule has 3 rings (SSSR count). The number of nitrogens with zero attached hydrogens (tertiary/aromatic N) is 1. The number of ether oxygens (including phenoxy) is 3. The maximum Gasteiger partial charge on any atom is 0.330 e. The monoisotopic (exact) mass is 312 g/mol. The summed E-state index contributed by atoms with van der Waals surface area (Å²) in [5.41, 5.74) is -0.580. The van der Waals surface area contributed by atoms with Crippen molar-refractivity contribution in [2.75, 3.05) is 13.2 Å². The molecule has 0 spiro atoms. The summed E-state index contributed by atoms with van der Waals surface area (Å²) in [5, 5.41) is 9.47. The van der Waals surface area contributed by atoms with Gasteiger partial charge in [-0.25, -0.2) is 4.79 Å². The van der Waals surface area contributed by atoms with Crippen LogP contribution < -0.4 is 11.2 Å². The summed E-state index contributed by atoms with van der Waals surface area (Å²) < 4.78 is 18.8. The first kappa shape index (κ1) is 15.4. The Labute approximate surface area is 126 Å². The van der Waals surface area contributed by atoms with Gasteiger partial charge in [0, 0.05) is 17.7 Å². The molecule has 2 aliphatic rings. The summed E-state index contributed by atoms with van der Waals surface area (Å²) in [6.45, 7) is 5.32. The lowest BCUT2D eigenvalue weighted by molar-refractivity contribution is -0.170. The molecule has 8 heteroatoms. The average Bonchev–Trinajstić information content (AvgIpc) is 2.77. The van der Waals surface area contributed by atoms with Crippen LogP contribution >= 0.6 is 0 Å². The van der Waals surface area contributed by atoms with Crippen LogP contribution in [0.3, 0.4) is 0 Å². The number of aliphatic hydroxyl groups excluding tert-OH is 1. The maximum absolute atomic E-state index is 12.1. The summed E-state index contributed by atoms with van der Waals surface area (Å²) in [7, 11) is 0. The van der Waals surface area contributed by atoms with Crippen molar-refractivity contribution >= 4 is 0 Å². The van der Waals surface area contributed by atoms with Gasteiger partial charge in [-0.1, -0.05) is 0 Å². The van der Waals surface area contributed by atoms with Crippen molar-refractivity contribution in [2.24, 2.45) is 5.92 Å². The minimum Gasteiger partial charge on any atom is -0.396 e. The second kappa shape index (κ2) is 5.31. The Morgan fingerprint density at radius 2 is 2.05 bits per heavy atom. The van der Waals surface area contributed by atoms with Gasteiger partial charge in [0.05, 0.1) is 19.3 Å². The van der Waals surface area contributed by atoms with Gasteiger partial charge >= 0.3 is 5.69 Å². The number of aryl methyl sites for hydroxylation is 1. The highest BCUT2D eigenvalue weighted by atomic mass is 16.8. The number of rotatable bonds is 2. The highest BCUT2D eigenvalue weighted by Gasteiger charge is 2.52. The lowest BCUT2D eigenvalue weighted by Gasteiger charge is -2.36. The fraction of sp³-hybridized carbons (Fsp3) is 0.714. The molecule has 1 aromatic rings. The van der Waals surface area contributed by atoms with E-state index >= 15 is 0 Å². The van der Waals surface area contributed by atoms with Crippen molar-refractivity contribution in [3.05, 3.63) is 32.6 Å². The number of aromatic nitrogens is 2. The van der Waals surface area contributed by atoms with Crippen molar-refractivity contribution in [1.29, 1.82) is 0 Å². The van der Waals surface area contributed by atoms with E-state index in [1.165, 1.54) is 10.8 Å². The van der Waals surface area contributed by atoms with Crippen LogP contribution in [0, 0.1) is 12.8 Å². The van der Waals surface area contributed by atoms with Crippen molar-refractivity contribution in [2.45, 2.75) is 45.0 Å². The van der Waals surface area contributed by atoms with E-state index in [1.54, 1.807) is 20.8 Å². The second-order valence-corrected chi connectivity index (χ2v) is 6.21. The molecule has 2 saturated heterocycles. The Morgan fingerprint density at radius 1 is 1.36 bits per heavy atom. The molecule has 122 valence electrons. The molecule has 2 fully saturated rings. The van der Waals surface area contributed by atoms with Crippen LogP contribution in [0.1, 0.15) is 25.6 Å². The van der Waals surface area contributed by atoms with Crippen LogP contribution in [0.15, 0.2) is 15.8 Å². The minimum absolute atomic E-state index is 0.0904. The predicted molar refractivity (Wildman–Crippen MR) is 75.4 cm³/mol. The lowest BCUT2D eigenvalue weighted by atomic mass is 9.95. The van der Waals surface area contributed by atoms with Crippen molar-refractivity contribution in [3.8, 4) is 0 Å². The molecule has 22 heavy (non-hydrogen) atoms. The van der Waals surface area contributed by atoms with Crippen LogP contribution in [0.5, 0.6) is 0 Å². The third-order valence-corrected chi connectivity index (χ3v) is 4.04. The molecule has 0 unspecified atom stereocenters. The highest BCUT2D eigenvalue weighted by Crippen LogP contribution is 2.40. The lowest BCUT2D eigenvalue weighted by Crippen LogP contribution is -2.50. The highest BCUT2D eigenvalue weighted by molar-refractivity contribution is 5.03. The average molecular weight is 312 g/mol. The van der Waals surface area contributed by atoms with E-state index < -0.39 is 29.4 Å². The van der Waals surface area contributed by atoms with Crippen molar-refractivity contribution in [3.63, 3.8) is 0 Å². The van der Waals surface area contributed by atoms with Gasteiger partial charge in [0.25, 0.3) is 5.56 Å². The molecule has 0 radical (unpaired) electrons. The Kier molecular flexibility index (Phi) is 3.72. The summed E-state index contributed by atoms with van der Waals surface area (Å²) in [5.74, 6) is -1.04. The summed E-state index contributed by atoms with van der Waals surface area (Å²) in [6, 6.07) is 0. The number of hydrogen-bond donors (Lipinski definition) is 2. The number of aliphatic hydroxyl groups is 1. The number of H-pyrrole nitrogens is 1. The van der Waals surface area contributed by atoms with E-state index in [9.17, 15) is 14.7 Å². The van der Waals surface area contributed by atoms with E-state index in [-0.39, 0.29) is 25.2 Å². The number of fused-ring (bicyclic) bond motifs is 1. The normalized spacial score (nSPS) is 33.6. The van der Waals surface area contributed by atoms with Crippen LogP contribution in [0.4, 0.5) is 0 Å². The van der Waals surface area contributed by atoms with Crippen LogP contribution in [0.2, 0.25) is 0 Å². The molecule has 0 aromatic carbocycles.